The van der Waals surface area contributed by atoms with E-state index in [9.17, 15) is 9.59 Å². The zero-order chi connectivity index (χ0) is 24.2. The number of carbonyl (C=O) groups is 2. The summed E-state index contributed by atoms with van der Waals surface area (Å²) < 4.78 is 29.4. The minimum Gasteiger partial charge on any atom is -0.147 e. The van der Waals surface area contributed by atoms with Crippen molar-refractivity contribution in [1.82, 2.24) is 8.12 Å². The zero-order valence-corrected chi connectivity index (χ0v) is 23.7. The third-order valence-corrected chi connectivity index (χ3v) is 7.50. The van der Waals surface area contributed by atoms with Crippen molar-refractivity contribution in [3.8, 4) is 23.0 Å². The fraction of sp³-hybridized carbons (Fsp3) is 0.280. The number of allylic oxidation sites excluding steroid dienone is 2. The monoisotopic (exact) mass is 552 g/mol. The SMILES string of the molecule is COc1cc2ccc1OCC[NH][Zn][NH]CCOc1ccc(cc1OC)/C=C\C(=O)CC(=O)/C=C\2.Cl. The molecule has 0 spiro atoms. The molecular weight excluding hydrogens is 525 g/mol. The zero-order valence-electron chi connectivity index (χ0n) is 19.9. The van der Waals surface area contributed by atoms with E-state index in [-0.39, 0.29) is 30.4 Å². The number of carbonyl (C=O) groups excluding carboxylic acids is 2. The Bertz CT molecular complexity index is 979. The van der Waals surface area contributed by atoms with Crippen LogP contribution < -0.4 is 27.1 Å². The summed E-state index contributed by atoms with van der Waals surface area (Å²) in [5.41, 5.74) is 1.56. The first kappa shape index (κ1) is 28.5. The van der Waals surface area contributed by atoms with Gasteiger partial charge in [-0.1, -0.05) is 0 Å². The fourth-order valence-corrected chi connectivity index (χ4v) is 4.93. The third-order valence-electron chi connectivity index (χ3n) is 4.97. The molecule has 0 saturated carbocycles. The van der Waals surface area contributed by atoms with Crippen molar-refractivity contribution in [1.29, 1.82) is 0 Å². The average Bonchev–Trinajstić information content (AvgIpc) is 2.85. The Morgan fingerprint density at radius 1 is 0.743 bits per heavy atom. The van der Waals surface area contributed by atoms with Crippen LogP contribution in [0.5, 0.6) is 23.0 Å². The molecule has 4 aliphatic rings. The van der Waals surface area contributed by atoms with Crippen LogP contribution in [0.1, 0.15) is 17.5 Å². The summed E-state index contributed by atoms with van der Waals surface area (Å²) in [6, 6.07) is 10.9. The standard InChI is InChI=1S/C25H28N2O6.ClH.Zn/c1-30-24-15-18(5-9-22(24)32-13-11-26)3-7-20(28)17-21(29)8-4-19-6-10-23(33-14-12-27)25(16-19)31-2;;/h3-10,15-16,26-27H,11-14,17H2,1-2H3;1H;/q-2;;+2/b7-3-,8-4-;;. The van der Waals surface area contributed by atoms with Crippen molar-refractivity contribution in [2.45, 2.75) is 6.42 Å². The summed E-state index contributed by atoms with van der Waals surface area (Å²) in [6.07, 6.45) is 5.91. The molecule has 4 bridgehead atoms. The minimum absolute atomic E-state index is 0. The van der Waals surface area contributed by atoms with Crippen LogP contribution in [0.15, 0.2) is 48.6 Å². The van der Waals surface area contributed by atoms with Gasteiger partial charge in [-0.25, -0.2) is 0 Å². The van der Waals surface area contributed by atoms with Gasteiger partial charge in [0.1, 0.15) is 0 Å². The Kier molecular flexibility index (Phi) is 12.5. The molecule has 184 valence electrons. The quantitative estimate of drug-likeness (QED) is 0.432. The number of nitrogens with one attached hydrogen (secondary N) is 2. The first-order valence-electron chi connectivity index (χ1n) is 11.0. The Morgan fingerprint density at radius 2 is 1.20 bits per heavy atom. The van der Waals surface area contributed by atoms with Crippen LogP contribution in [0.4, 0.5) is 0 Å². The second kappa shape index (κ2) is 15.3. The number of ketones is 2. The summed E-state index contributed by atoms with van der Waals surface area (Å²) in [5, 5.41) is 0. The molecule has 2 aromatic rings. The molecule has 8 nitrogen and oxygen atoms in total. The number of benzene rings is 2. The van der Waals surface area contributed by atoms with Crippen molar-refractivity contribution >= 4 is 36.1 Å². The van der Waals surface area contributed by atoms with Crippen LogP contribution in [0.25, 0.3) is 12.2 Å². The Balaban J connectivity index is 0.00000432. The van der Waals surface area contributed by atoms with Gasteiger partial charge in [-0.05, 0) is 0 Å². The summed E-state index contributed by atoms with van der Waals surface area (Å²) in [4.78, 5) is 24.5. The van der Waals surface area contributed by atoms with Crippen LogP contribution in [0.2, 0.25) is 0 Å². The molecule has 4 aliphatic heterocycles. The van der Waals surface area contributed by atoms with Crippen LogP contribution >= 0.6 is 12.4 Å². The molecular formula is C25H29ClN2O6Zn. The Labute approximate surface area is 219 Å². The van der Waals surface area contributed by atoms with Crippen molar-refractivity contribution in [2.24, 2.45) is 0 Å². The molecule has 0 atom stereocenters. The summed E-state index contributed by atoms with van der Waals surface area (Å²) in [7, 11) is 3.15. The second-order valence-corrected chi connectivity index (χ2v) is 10.3. The predicted molar refractivity (Wildman–Crippen MR) is 133 cm³/mol. The van der Waals surface area contributed by atoms with Gasteiger partial charge in [0.2, 0.25) is 0 Å². The van der Waals surface area contributed by atoms with Gasteiger partial charge >= 0.3 is 208 Å². The molecule has 2 N–H and O–H groups in total. The largest absolute Gasteiger partial charge is 0.147 e. The fourth-order valence-electron chi connectivity index (χ4n) is 3.21. The number of ether oxygens (including phenoxy) is 4. The molecule has 2 aromatic carbocycles. The van der Waals surface area contributed by atoms with E-state index in [0.717, 1.165) is 24.2 Å². The molecule has 0 aliphatic carbocycles. The molecule has 4 heterocycles. The van der Waals surface area contributed by atoms with Gasteiger partial charge < -0.3 is 0 Å². The molecule has 0 amide bonds. The molecule has 0 aromatic heterocycles. The van der Waals surface area contributed by atoms with Crippen LogP contribution in [0, 0.1) is 0 Å². The Morgan fingerprint density at radius 3 is 1.63 bits per heavy atom. The van der Waals surface area contributed by atoms with Crippen LogP contribution in [-0.2, 0) is 27.2 Å². The summed E-state index contributed by atoms with van der Waals surface area (Å²) >= 11 is -1.10. The van der Waals surface area contributed by atoms with E-state index in [0.29, 0.717) is 36.2 Å². The smallest absolute Gasteiger partial charge is 0.147 e. The van der Waals surface area contributed by atoms with Gasteiger partial charge in [0.25, 0.3) is 0 Å². The van der Waals surface area contributed by atoms with Gasteiger partial charge in [-0.15, -0.1) is 12.4 Å². The predicted octanol–water partition coefficient (Wildman–Crippen LogP) is 3.24. The second-order valence-electron chi connectivity index (χ2n) is 7.47. The molecule has 6 rings (SSSR count). The number of hydrogen-bond donors (Lipinski definition) is 2. The topological polar surface area (TPSA) is 95.1 Å². The van der Waals surface area contributed by atoms with Gasteiger partial charge in [0, 0.05) is 0 Å². The van der Waals surface area contributed by atoms with Crippen molar-refractivity contribution in [3.05, 3.63) is 59.7 Å². The van der Waals surface area contributed by atoms with E-state index in [4.69, 9.17) is 18.9 Å². The molecule has 0 unspecified atom stereocenters. The first-order valence-corrected chi connectivity index (χ1v) is 14.0. The van der Waals surface area contributed by atoms with Gasteiger partial charge in [-0.3, -0.25) is 0 Å². The maximum atomic E-state index is 12.2. The van der Waals surface area contributed by atoms with Crippen LogP contribution in [0.3, 0.4) is 0 Å². The van der Waals surface area contributed by atoms with Crippen molar-refractivity contribution in [3.63, 3.8) is 0 Å². The molecule has 10 heteroatoms. The third kappa shape index (κ3) is 9.45. The average molecular weight is 554 g/mol. The molecule has 0 radical (unpaired) electrons. The van der Waals surface area contributed by atoms with Gasteiger partial charge in [0.15, 0.2) is 0 Å². The van der Waals surface area contributed by atoms with Gasteiger partial charge in [0.05, 0.1) is 0 Å². The number of halogens is 1. The number of rotatable bonds is 2. The molecule has 0 saturated heterocycles. The van der Waals surface area contributed by atoms with E-state index in [2.05, 4.69) is 8.12 Å². The van der Waals surface area contributed by atoms with Crippen LogP contribution in [-0.4, -0.2) is 52.1 Å². The maximum Gasteiger partial charge on any atom is -0.147 e. The summed E-state index contributed by atoms with van der Waals surface area (Å²) in [5.74, 6) is 1.87. The molecule has 35 heavy (non-hydrogen) atoms. The van der Waals surface area contributed by atoms with E-state index in [1.165, 1.54) is 12.2 Å². The van der Waals surface area contributed by atoms with Crippen molar-refractivity contribution < 1.29 is 46.1 Å². The maximum absolute atomic E-state index is 12.2. The van der Waals surface area contributed by atoms with Crippen molar-refractivity contribution in [2.75, 3.05) is 40.5 Å². The van der Waals surface area contributed by atoms with E-state index in [1.807, 2.05) is 24.3 Å². The number of methoxy groups -OCH3 is 2. The summed E-state index contributed by atoms with van der Waals surface area (Å²) in [6.45, 7) is 2.47. The van der Waals surface area contributed by atoms with E-state index < -0.39 is 17.6 Å². The number of hydrogen-bond acceptors (Lipinski definition) is 8. The normalized spacial score (nSPS) is 16.9. The van der Waals surface area contributed by atoms with Gasteiger partial charge in [-0.2, -0.15) is 0 Å². The first-order chi connectivity index (χ1) is 16.6. The van der Waals surface area contributed by atoms with E-state index in [1.54, 1.807) is 38.5 Å². The molecule has 0 fully saturated rings. The minimum atomic E-state index is -1.10. The van der Waals surface area contributed by atoms with E-state index >= 15 is 0 Å². The Hall–Kier alpha value is -2.71.